The van der Waals surface area contributed by atoms with E-state index in [1.807, 2.05) is 30.2 Å². The number of carbonyl (C=O) groups is 1. The summed E-state index contributed by atoms with van der Waals surface area (Å²) in [5.41, 5.74) is 0.641. The van der Waals surface area contributed by atoms with E-state index in [4.69, 9.17) is 0 Å². The molecule has 42 heteroatoms. The molecule has 0 saturated heterocycles. The molecule has 0 aliphatic carbocycles. The van der Waals surface area contributed by atoms with Crippen LogP contribution in [0, 0.1) is 141 Å². The Morgan fingerprint density at radius 2 is 0.435 bits per heavy atom. The third-order valence-electron chi connectivity index (χ3n) is 15.8. The molecule has 0 spiro atoms. The summed E-state index contributed by atoms with van der Waals surface area (Å²) in [5.74, 6) is 25.0. The molecule has 138 heavy (non-hydrogen) atoms. The Balaban J connectivity index is -0.0000000782. The van der Waals surface area contributed by atoms with Gasteiger partial charge in [0.1, 0.15) is 0 Å². The van der Waals surface area contributed by atoms with Crippen LogP contribution in [-0.2, 0) is 277 Å². The molecule has 3 N–H and O–H groups in total. The first kappa shape index (κ1) is 179. The van der Waals surface area contributed by atoms with Gasteiger partial charge in [0.25, 0.3) is 0 Å². The van der Waals surface area contributed by atoms with E-state index in [2.05, 4.69) is 232 Å². The average Bonchev–Trinajstić information content (AvgIpc) is 0.936. The Kier molecular flexibility index (Phi) is 103. The number of rotatable bonds is 30. The molecule has 0 aromatic rings. The van der Waals surface area contributed by atoms with E-state index in [0.717, 1.165) is 19.3 Å². The van der Waals surface area contributed by atoms with E-state index >= 15 is 0 Å². The SMILES string of the molecule is CC(C)(C)C#CCCS(=O)(=O)C(C)(C)C.CC(C)(C)CCCCS(=O)(=O)C(C)(C)C.C[C-](C)C.C[C-](C)C.[CH2-]C#CC(C)(C)C.[CH2-]C#CC(C)(C)C.[CH2-]C#CC(C)(C)C.[CH2-]NC(=O)CCCS(=O)(=O)C(C)(C)C.[CH2-]NS(=O)(=O)CCCS(=O)(=O)C(C)(C)C.[CH2-]NS(=O)(=O)CCCS(=O)(=O)C(C)(C)C.[CH2-]S(=O)(=O)CCCCS(=O)(=O)C(C)(C)C.[CH2-]S(=O)(=O)CCCCS(=O)(=O)C(C)(C)C.[Y].[Y].[Y].[Y].[Y]. The standard InChI is InChI=1S/C12H26O2S.C12H22O2S.C9H18NO3S.2C9H19O4S2.2C8H18NO4S2.3C7H11.2C4H9.5Y/c2*1-11(2,3)9-7-8-10-15(13,14)12(4,5)6;1-9(2,3)14(12,13)7-5-6-8(11)10-4;2*1-9(2,3)15(12,13)8-6-5-7-14(4,10)11;2*1-8(2,3)14(10,11)6-5-7-15(12,13)9-4;3*1-5-6-7(2,3)4;2*1-4(2)3;;;;;/h7-10H2,1-6H3;8,10H2,1-6H3;4-7H2,1-3H3,(H,10,11);2*4-8H2,1-3H3;2*9H,4-7H2,1-3H3;3*1H2,2-4H3;2*1-3H3;;;;;/q;;10*-1;;;;;. The van der Waals surface area contributed by atoms with Crippen LogP contribution in [0.4, 0.5) is 0 Å². The second kappa shape index (κ2) is 79.2. The molecule has 0 rings (SSSR count). The van der Waals surface area contributed by atoms with E-state index in [1.54, 1.807) is 145 Å². The Morgan fingerprint density at radius 3 is 0.587 bits per heavy atom. The van der Waals surface area contributed by atoms with Crippen LogP contribution >= 0.6 is 0 Å². The summed E-state index contributed by atoms with van der Waals surface area (Å²) < 4.78 is 248. The molecule has 0 saturated carbocycles. The summed E-state index contributed by atoms with van der Waals surface area (Å²) in [6.07, 6.45) is 11.4. The van der Waals surface area contributed by atoms with Crippen LogP contribution in [0.1, 0.15) is 368 Å². The molecule has 0 bridgehead atoms. The van der Waals surface area contributed by atoms with Crippen molar-refractivity contribution < 1.29 is 261 Å². The minimum atomic E-state index is -3.41. The van der Waals surface area contributed by atoms with E-state index in [9.17, 15) is 97.4 Å². The van der Waals surface area contributed by atoms with Crippen molar-refractivity contribution in [1.29, 1.82) is 0 Å². The summed E-state index contributed by atoms with van der Waals surface area (Å²) in [4.78, 5) is 10.8. The van der Waals surface area contributed by atoms with Gasteiger partial charge in [0.15, 0.2) is 94.8 Å². The molecule has 0 atom stereocenters. The maximum atomic E-state index is 11.8. The van der Waals surface area contributed by atoms with E-state index in [1.165, 1.54) is 11.8 Å². The number of nitrogens with one attached hydrogen (secondary N) is 3. The fourth-order valence-electron chi connectivity index (χ4n) is 7.16. The van der Waals surface area contributed by atoms with Gasteiger partial charge in [-0.2, -0.15) is 62.3 Å². The summed E-state index contributed by atoms with van der Waals surface area (Å²) in [6.45, 7) is 88.7. The number of sulfonamides is 2. The van der Waals surface area contributed by atoms with Crippen LogP contribution in [0.5, 0.6) is 0 Å². The summed E-state index contributed by atoms with van der Waals surface area (Å²) >= 11 is 0. The largest absolute Gasteiger partial charge is 0.508 e. The van der Waals surface area contributed by atoms with Crippen molar-refractivity contribution in [2.24, 2.45) is 27.1 Å². The Bertz CT molecular complexity index is 4630. The van der Waals surface area contributed by atoms with Gasteiger partial charge in [-0.1, -0.05) is 112 Å². The normalized spacial score (nSPS) is 12.4. The van der Waals surface area contributed by atoms with Crippen LogP contribution < -0.4 is 14.8 Å². The number of hydrogen-bond donors (Lipinski definition) is 3. The molecular formula is C96H191N3O23S11Y5-10. The van der Waals surface area contributed by atoms with Gasteiger partial charge in [-0.15, -0.1) is 5.92 Å². The van der Waals surface area contributed by atoms with E-state index < -0.39 is 142 Å². The molecule has 0 aromatic carbocycles. The number of sulfone groups is 9. The van der Waals surface area contributed by atoms with Gasteiger partial charge >= 0.3 is 0 Å². The minimum absolute atomic E-state index is 0. The van der Waals surface area contributed by atoms with Gasteiger partial charge in [-0.05, 0) is 229 Å². The van der Waals surface area contributed by atoms with E-state index in [0.29, 0.717) is 49.7 Å². The molecule has 0 fully saturated rings. The Labute approximate surface area is 981 Å². The van der Waals surface area contributed by atoms with Gasteiger partial charge in [0.2, 0.25) is 0 Å². The van der Waals surface area contributed by atoms with Gasteiger partial charge < -0.3 is 44.4 Å². The van der Waals surface area contributed by atoms with Crippen LogP contribution in [-0.4, -0.2) is 195 Å². The van der Waals surface area contributed by atoms with Crippen molar-refractivity contribution in [1.82, 2.24) is 14.8 Å². The summed E-state index contributed by atoms with van der Waals surface area (Å²) in [5, 5.41) is 2.21. The predicted octanol–water partition coefficient (Wildman–Crippen LogP) is 18.8. The first-order valence-electron chi connectivity index (χ1n) is 43.9. The fraction of sp³-hybridized carbons (Fsp3) is 0.802. The molecule has 0 aliphatic heterocycles. The molecule has 0 unspecified atom stereocenters. The number of amides is 1. The zero-order valence-corrected chi connectivity index (χ0v) is 117. The summed E-state index contributed by atoms with van der Waals surface area (Å²) in [6, 6.07) is 0. The molecule has 0 aromatic heterocycles. The average molecular weight is 2550 g/mol. The van der Waals surface area contributed by atoms with Crippen molar-refractivity contribution >= 4 is 114 Å². The molecule has 0 aliphatic rings. The number of hydrogen-bond acceptors (Lipinski definition) is 23. The first-order valence-corrected chi connectivity index (χ1v) is 62.4. The molecule has 1 amide bonds. The third kappa shape index (κ3) is 125. The minimum Gasteiger partial charge on any atom is -0.508 e. The Hall–Kier alpha value is 2.21. The number of carbonyl (C=O) groups excluding carboxylic acids is 1. The van der Waals surface area contributed by atoms with Crippen molar-refractivity contribution in [2.75, 3.05) is 63.3 Å². The van der Waals surface area contributed by atoms with Gasteiger partial charge in [-0.3, -0.25) is 60.5 Å². The maximum Gasteiger partial charge on any atom is 0.190 e. The quantitative estimate of drug-likeness (QED) is 0.0341. The zero-order valence-electron chi connectivity index (χ0n) is 93.7. The smallest absolute Gasteiger partial charge is 0.190 e. The Morgan fingerprint density at radius 1 is 0.261 bits per heavy atom. The van der Waals surface area contributed by atoms with Crippen LogP contribution in [0.2, 0.25) is 0 Å². The van der Waals surface area contributed by atoms with Gasteiger partial charge in [-0.25, -0.2) is 88.3 Å². The van der Waals surface area contributed by atoms with Crippen molar-refractivity contribution in [3.05, 3.63) is 66.3 Å². The van der Waals surface area contributed by atoms with Gasteiger partial charge in [0.05, 0.1) is 85.0 Å². The first-order chi connectivity index (χ1) is 57.7. The fourth-order valence-corrected chi connectivity index (χ4v) is 18.1. The van der Waals surface area contributed by atoms with Crippen molar-refractivity contribution in [3.63, 3.8) is 0 Å². The van der Waals surface area contributed by atoms with Crippen molar-refractivity contribution in [3.8, 4) is 47.4 Å². The van der Waals surface area contributed by atoms with Gasteiger partial charge in [0, 0.05) is 213 Å². The number of unbranched alkanes of at least 4 members (excludes halogenated alkanes) is 3. The van der Waals surface area contributed by atoms with E-state index in [-0.39, 0.29) is 268 Å². The summed E-state index contributed by atoms with van der Waals surface area (Å²) in [7, 11) is -25.8. The monoisotopic (exact) mass is 2550 g/mol. The van der Waals surface area contributed by atoms with Crippen LogP contribution in [0.3, 0.4) is 0 Å². The van der Waals surface area contributed by atoms with Crippen LogP contribution in [0.25, 0.3) is 0 Å². The molecular weight excluding hydrogens is 2360 g/mol. The maximum absolute atomic E-state index is 11.8. The molecule has 819 valence electrons. The molecule has 26 nitrogen and oxygen atoms in total. The van der Waals surface area contributed by atoms with Crippen molar-refractivity contribution in [2.45, 2.75) is 401 Å². The topological polar surface area (TPSA) is 429 Å². The zero-order chi connectivity index (χ0) is 110. The molecule has 0 heterocycles. The third-order valence-corrected chi connectivity index (χ3v) is 38.9. The molecule has 5 radical (unpaired) electrons. The van der Waals surface area contributed by atoms with Crippen LogP contribution in [0.15, 0.2) is 0 Å². The predicted molar refractivity (Wildman–Crippen MR) is 572 cm³/mol. The second-order valence-electron chi connectivity index (χ2n) is 44.6. The second-order valence-corrected chi connectivity index (χ2v) is 72.3.